The van der Waals surface area contributed by atoms with Crippen LogP contribution in [0.5, 0.6) is 0 Å². The molecule has 3 aromatic heterocycles. The molecule has 1 atom stereocenters. The highest BCUT2D eigenvalue weighted by Gasteiger charge is 2.19. The molecular formula is C18H16N4OS2. The second-order valence-electron chi connectivity index (χ2n) is 5.71. The summed E-state index contributed by atoms with van der Waals surface area (Å²) in [6.45, 7) is 5.79. The lowest BCUT2D eigenvalue weighted by atomic mass is 10.2. The standard InChI is InChI=1S/C18H16N4OS2/c1-10(16-19-12(3)22-23-16)24-17-14-9-15(13-7-5-4-6-8-13)25-18(14)21-11(2)20-17/h4-10H,1-3H3. The summed E-state index contributed by atoms with van der Waals surface area (Å²) in [5, 5.41) is 5.92. The summed E-state index contributed by atoms with van der Waals surface area (Å²) in [5.41, 5.74) is 1.19. The first-order valence-electron chi connectivity index (χ1n) is 7.90. The third-order valence-corrected chi connectivity index (χ3v) is 5.88. The zero-order valence-electron chi connectivity index (χ0n) is 14.1. The van der Waals surface area contributed by atoms with Crippen molar-refractivity contribution >= 4 is 33.3 Å². The maximum absolute atomic E-state index is 5.29. The number of thiophene rings is 1. The molecular weight excluding hydrogens is 352 g/mol. The number of rotatable bonds is 4. The summed E-state index contributed by atoms with van der Waals surface area (Å²) < 4.78 is 5.29. The van der Waals surface area contributed by atoms with E-state index in [1.165, 1.54) is 10.4 Å². The molecule has 126 valence electrons. The fourth-order valence-electron chi connectivity index (χ4n) is 2.53. The number of thioether (sulfide) groups is 1. The van der Waals surface area contributed by atoms with Crippen molar-refractivity contribution in [1.29, 1.82) is 0 Å². The maximum atomic E-state index is 5.29. The third-order valence-electron chi connectivity index (χ3n) is 3.71. The summed E-state index contributed by atoms with van der Waals surface area (Å²) in [7, 11) is 0. The summed E-state index contributed by atoms with van der Waals surface area (Å²) in [6, 6.07) is 12.5. The molecule has 4 rings (SSSR count). The first kappa shape index (κ1) is 16.2. The Morgan fingerprint density at radius 2 is 1.84 bits per heavy atom. The van der Waals surface area contributed by atoms with Crippen LogP contribution < -0.4 is 0 Å². The van der Waals surface area contributed by atoms with E-state index in [1.54, 1.807) is 23.1 Å². The summed E-state index contributed by atoms with van der Waals surface area (Å²) >= 11 is 3.31. The Labute approximate surface area is 153 Å². The molecule has 0 spiro atoms. The molecule has 7 heteroatoms. The van der Waals surface area contributed by atoms with E-state index in [9.17, 15) is 0 Å². The molecule has 0 aliphatic rings. The van der Waals surface area contributed by atoms with Gasteiger partial charge in [-0.3, -0.25) is 0 Å². The van der Waals surface area contributed by atoms with Gasteiger partial charge in [0.15, 0.2) is 5.82 Å². The van der Waals surface area contributed by atoms with Crippen LogP contribution in [0.1, 0.15) is 29.7 Å². The van der Waals surface area contributed by atoms with Gasteiger partial charge in [0.1, 0.15) is 15.7 Å². The molecule has 4 aromatic rings. The Morgan fingerprint density at radius 1 is 1.04 bits per heavy atom. The average Bonchev–Trinajstić information content (AvgIpc) is 3.22. The molecule has 0 radical (unpaired) electrons. The molecule has 0 saturated carbocycles. The van der Waals surface area contributed by atoms with Crippen molar-refractivity contribution < 1.29 is 4.52 Å². The number of aromatic nitrogens is 4. The predicted molar refractivity (Wildman–Crippen MR) is 101 cm³/mol. The summed E-state index contributed by atoms with van der Waals surface area (Å²) in [4.78, 5) is 15.8. The zero-order valence-corrected chi connectivity index (χ0v) is 15.7. The first-order valence-corrected chi connectivity index (χ1v) is 9.60. The minimum atomic E-state index is 0.0266. The summed E-state index contributed by atoms with van der Waals surface area (Å²) in [6.07, 6.45) is 0. The van der Waals surface area contributed by atoms with Crippen LogP contribution in [-0.4, -0.2) is 20.1 Å². The quantitative estimate of drug-likeness (QED) is 0.364. The van der Waals surface area contributed by atoms with Crippen molar-refractivity contribution in [2.24, 2.45) is 0 Å². The maximum Gasteiger partial charge on any atom is 0.239 e. The van der Waals surface area contributed by atoms with Gasteiger partial charge in [0, 0.05) is 10.3 Å². The smallest absolute Gasteiger partial charge is 0.239 e. The van der Waals surface area contributed by atoms with Crippen LogP contribution in [0.3, 0.4) is 0 Å². The van der Waals surface area contributed by atoms with Gasteiger partial charge in [0.05, 0.1) is 5.25 Å². The molecule has 0 amide bonds. The van der Waals surface area contributed by atoms with Crippen LogP contribution in [0.25, 0.3) is 20.7 Å². The third kappa shape index (κ3) is 3.29. The minimum Gasteiger partial charge on any atom is -0.338 e. The van der Waals surface area contributed by atoms with Crippen LogP contribution in [-0.2, 0) is 0 Å². The van der Waals surface area contributed by atoms with Gasteiger partial charge in [0.25, 0.3) is 0 Å². The van der Waals surface area contributed by atoms with Crippen LogP contribution in [0.4, 0.5) is 0 Å². The van der Waals surface area contributed by atoms with E-state index in [0.717, 1.165) is 21.1 Å². The Morgan fingerprint density at radius 3 is 2.56 bits per heavy atom. The van der Waals surface area contributed by atoms with E-state index in [4.69, 9.17) is 4.52 Å². The van der Waals surface area contributed by atoms with E-state index in [-0.39, 0.29) is 5.25 Å². The number of hydrogen-bond acceptors (Lipinski definition) is 7. The topological polar surface area (TPSA) is 64.7 Å². The van der Waals surface area contributed by atoms with Crippen molar-refractivity contribution in [2.45, 2.75) is 31.0 Å². The van der Waals surface area contributed by atoms with Gasteiger partial charge in [0.2, 0.25) is 5.89 Å². The molecule has 0 fully saturated rings. The SMILES string of the molecule is Cc1noc(C(C)Sc2nc(C)nc3sc(-c4ccccc4)cc23)n1. The molecule has 25 heavy (non-hydrogen) atoms. The van der Waals surface area contributed by atoms with Crippen molar-refractivity contribution in [1.82, 2.24) is 20.1 Å². The minimum absolute atomic E-state index is 0.0266. The molecule has 1 aromatic carbocycles. The normalized spacial score (nSPS) is 12.6. The van der Waals surface area contributed by atoms with Gasteiger partial charge >= 0.3 is 0 Å². The Bertz CT molecular complexity index is 1030. The van der Waals surface area contributed by atoms with Crippen LogP contribution in [0.15, 0.2) is 45.9 Å². The zero-order chi connectivity index (χ0) is 17.4. The molecule has 5 nitrogen and oxygen atoms in total. The van der Waals surface area contributed by atoms with Crippen molar-refractivity contribution in [2.75, 3.05) is 0 Å². The molecule has 0 saturated heterocycles. The molecule has 1 unspecified atom stereocenters. The lowest BCUT2D eigenvalue weighted by Crippen LogP contribution is -1.94. The van der Waals surface area contributed by atoms with Gasteiger partial charge in [-0.2, -0.15) is 4.98 Å². The Balaban J connectivity index is 1.74. The fourth-order valence-corrected chi connectivity index (χ4v) is 4.67. The number of benzene rings is 1. The van der Waals surface area contributed by atoms with E-state index < -0.39 is 0 Å². The van der Waals surface area contributed by atoms with Crippen LogP contribution in [0, 0.1) is 13.8 Å². The second-order valence-corrected chi connectivity index (χ2v) is 8.07. The molecule has 0 aliphatic carbocycles. The first-order chi connectivity index (χ1) is 12.1. The number of aryl methyl sites for hydroxylation is 2. The fraction of sp³-hybridized carbons (Fsp3) is 0.222. The molecule has 0 bridgehead atoms. The van der Waals surface area contributed by atoms with Crippen molar-refractivity contribution in [3.8, 4) is 10.4 Å². The van der Waals surface area contributed by atoms with Crippen LogP contribution in [0.2, 0.25) is 0 Å². The number of nitrogens with zero attached hydrogens (tertiary/aromatic N) is 4. The average molecular weight is 368 g/mol. The highest BCUT2D eigenvalue weighted by molar-refractivity contribution is 7.99. The van der Waals surface area contributed by atoms with E-state index in [1.807, 2.05) is 39.0 Å². The largest absolute Gasteiger partial charge is 0.338 e. The molecule has 0 N–H and O–H groups in total. The lowest BCUT2D eigenvalue weighted by molar-refractivity contribution is 0.376. The highest BCUT2D eigenvalue weighted by atomic mass is 32.2. The predicted octanol–water partition coefficient (Wildman–Crippen LogP) is 5.21. The van der Waals surface area contributed by atoms with Gasteiger partial charge in [-0.25, -0.2) is 9.97 Å². The number of hydrogen-bond donors (Lipinski definition) is 0. The van der Waals surface area contributed by atoms with E-state index >= 15 is 0 Å². The van der Waals surface area contributed by atoms with Crippen molar-refractivity contribution in [3.05, 3.63) is 53.9 Å². The lowest BCUT2D eigenvalue weighted by Gasteiger charge is -2.07. The second kappa shape index (κ2) is 6.57. The monoisotopic (exact) mass is 368 g/mol. The van der Waals surface area contributed by atoms with Gasteiger partial charge in [-0.15, -0.1) is 11.3 Å². The van der Waals surface area contributed by atoms with Crippen LogP contribution >= 0.6 is 23.1 Å². The van der Waals surface area contributed by atoms with E-state index in [0.29, 0.717) is 11.7 Å². The van der Waals surface area contributed by atoms with Crippen molar-refractivity contribution in [3.63, 3.8) is 0 Å². The van der Waals surface area contributed by atoms with Gasteiger partial charge in [-0.05, 0) is 32.4 Å². The Kier molecular flexibility index (Phi) is 4.27. The Hall–Kier alpha value is -2.25. The van der Waals surface area contributed by atoms with E-state index in [2.05, 4.69) is 38.3 Å². The van der Waals surface area contributed by atoms with Gasteiger partial charge < -0.3 is 4.52 Å². The number of fused-ring (bicyclic) bond motifs is 1. The molecule has 0 aliphatic heterocycles. The highest BCUT2D eigenvalue weighted by Crippen LogP contribution is 2.40. The summed E-state index contributed by atoms with van der Waals surface area (Å²) in [5.74, 6) is 2.03. The van der Waals surface area contributed by atoms with Gasteiger partial charge in [-0.1, -0.05) is 47.3 Å². The molecule has 3 heterocycles.